The van der Waals surface area contributed by atoms with Gasteiger partial charge < -0.3 is 9.88 Å². The van der Waals surface area contributed by atoms with Gasteiger partial charge >= 0.3 is 5.69 Å². The molecule has 1 aliphatic rings. The van der Waals surface area contributed by atoms with E-state index in [-0.39, 0.29) is 5.56 Å². The lowest BCUT2D eigenvalue weighted by molar-refractivity contribution is 0.246. The molecule has 0 radical (unpaired) electrons. The van der Waals surface area contributed by atoms with E-state index in [9.17, 15) is 9.59 Å². The molecule has 1 aromatic heterocycles. The third-order valence-corrected chi connectivity index (χ3v) is 4.03. The molecule has 0 amide bonds. The third-order valence-electron chi connectivity index (χ3n) is 3.77. The lowest BCUT2D eigenvalue weighted by Crippen LogP contribution is -2.46. The molecule has 1 fully saturated rings. The van der Waals surface area contributed by atoms with E-state index in [2.05, 4.69) is 19.8 Å². The van der Waals surface area contributed by atoms with Crippen LogP contribution in [0.3, 0.4) is 0 Å². The maximum Gasteiger partial charge on any atom is 0.325 e. The van der Waals surface area contributed by atoms with Gasteiger partial charge in [0.2, 0.25) is 0 Å². The Hall–Kier alpha value is -2.05. The zero-order valence-corrected chi connectivity index (χ0v) is 12.8. The highest BCUT2D eigenvalue weighted by Crippen LogP contribution is 2.19. The number of benzene rings is 1. The Balaban J connectivity index is 1.60. The van der Waals surface area contributed by atoms with Gasteiger partial charge in [0.15, 0.2) is 0 Å². The summed E-state index contributed by atoms with van der Waals surface area (Å²) >= 11 is 5.91. The van der Waals surface area contributed by atoms with Gasteiger partial charge in [-0.1, -0.05) is 11.6 Å². The molecule has 116 valence electrons. The van der Waals surface area contributed by atoms with E-state index < -0.39 is 5.69 Å². The molecule has 0 atom stereocenters. The molecule has 1 aromatic carbocycles. The van der Waals surface area contributed by atoms with Gasteiger partial charge in [-0.05, 0) is 24.3 Å². The van der Waals surface area contributed by atoms with Crippen molar-refractivity contribution in [3.8, 4) is 0 Å². The van der Waals surface area contributed by atoms with Crippen molar-refractivity contribution in [2.45, 2.75) is 6.54 Å². The summed E-state index contributed by atoms with van der Waals surface area (Å²) in [6, 6.07) is 9.26. The molecule has 6 nitrogen and oxygen atoms in total. The van der Waals surface area contributed by atoms with Crippen molar-refractivity contribution < 1.29 is 0 Å². The summed E-state index contributed by atoms with van der Waals surface area (Å²) in [5.74, 6) is 0. The lowest BCUT2D eigenvalue weighted by Gasteiger charge is -2.36. The van der Waals surface area contributed by atoms with Crippen LogP contribution in [0, 0.1) is 0 Å². The molecule has 1 aliphatic heterocycles. The minimum absolute atomic E-state index is 0.362. The Labute approximate surface area is 132 Å². The fourth-order valence-corrected chi connectivity index (χ4v) is 2.79. The number of aromatic amines is 2. The van der Waals surface area contributed by atoms with Crippen molar-refractivity contribution in [3.05, 3.63) is 61.9 Å². The Kier molecular flexibility index (Phi) is 4.31. The zero-order chi connectivity index (χ0) is 15.5. The summed E-state index contributed by atoms with van der Waals surface area (Å²) in [7, 11) is 0. The van der Waals surface area contributed by atoms with Crippen LogP contribution in [0.2, 0.25) is 5.02 Å². The average Bonchev–Trinajstić information content (AvgIpc) is 2.48. The van der Waals surface area contributed by atoms with Crippen LogP contribution < -0.4 is 16.1 Å². The number of H-pyrrole nitrogens is 2. The summed E-state index contributed by atoms with van der Waals surface area (Å²) < 4.78 is 0. The van der Waals surface area contributed by atoms with E-state index in [0.29, 0.717) is 12.2 Å². The molecule has 0 aliphatic carbocycles. The number of nitrogens with zero attached hydrogens (tertiary/aromatic N) is 2. The topological polar surface area (TPSA) is 72.2 Å². The van der Waals surface area contributed by atoms with E-state index >= 15 is 0 Å². The number of anilines is 1. The van der Waals surface area contributed by atoms with Gasteiger partial charge in [-0.15, -0.1) is 0 Å². The lowest BCUT2D eigenvalue weighted by atomic mass is 10.2. The summed E-state index contributed by atoms with van der Waals surface area (Å²) in [4.78, 5) is 31.9. The first-order valence-corrected chi connectivity index (χ1v) is 7.53. The van der Waals surface area contributed by atoms with Crippen molar-refractivity contribution in [2.24, 2.45) is 0 Å². The van der Waals surface area contributed by atoms with Gasteiger partial charge in [0.1, 0.15) is 0 Å². The van der Waals surface area contributed by atoms with Crippen LogP contribution in [-0.4, -0.2) is 41.0 Å². The van der Waals surface area contributed by atoms with E-state index in [4.69, 9.17) is 11.6 Å². The predicted octanol–water partition coefficient (Wildman–Crippen LogP) is 1.04. The fraction of sp³-hybridized carbons (Fsp3) is 0.333. The minimum Gasteiger partial charge on any atom is -0.369 e. The van der Waals surface area contributed by atoms with Gasteiger partial charge in [-0.3, -0.25) is 14.7 Å². The highest BCUT2D eigenvalue weighted by atomic mass is 35.5. The monoisotopic (exact) mass is 320 g/mol. The van der Waals surface area contributed by atoms with Crippen LogP contribution in [0.5, 0.6) is 0 Å². The predicted molar refractivity (Wildman–Crippen MR) is 86.6 cm³/mol. The molecule has 2 aromatic rings. The third kappa shape index (κ3) is 3.58. The van der Waals surface area contributed by atoms with Crippen molar-refractivity contribution >= 4 is 17.3 Å². The normalized spacial score (nSPS) is 16.0. The number of aromatic nitrogens is 2. The summed E-state index contributed by atoms with van der Waals surface area (Å²) in [5.41, 5.74) is 0.989. The van der Waals surface area contributed by atoms with Crippen LogP contribution in [0.25, 0.3) is 0 Å². The van der Waals surface area contributed by atoms with Gasteiger partial charge in [-0.2, -0.15) is 0 Å². The smallest absolute Gasteiger partial charge is 0.325 e. The zero-order valence-electron chi connectivity index (χ0n) is 12.0. The first kappa shape index (κ1) is 14.9. The molecule has 7 heteroatoms. The van der Waals surface area contributed by atoms with Crippen molar-refractivity contribution in [1.29, 1.82) is 0 Å². The maximum absolute atomic E-state index is 11.3. The van der Waals surface area contributed by atoms with Gasteiger partial charge in [0, 0.05) is 55.2 Å². The van der Waals surface area contributed by atoms with E-state index in [1.807, 2.05) is 24.3 Å². The second kappa shape index (κ2) is 6.37. The van der Waals surface area contributed by atoms with Crippen LogP contribution in [-0.2, 0) is 6.54 Å². The summed E-state index contributed by atoms with van der Waals surface area (Å²) in [6.45, 7) is 4.12. The maximum atomic E-state index is 11.3. The minimum atomic E-state index is -0.456. The molecule has 2 N–H and O–H groups in total. The quantitative estimate of drug-likeness (QED) is 0.886. The number of piperazine rings is 1. The van der Waals surface area contributed by atoms with Gasteiger partial charge in [0.25, 0.3) is 5.56 Å². The molecule has 0 unspecified atom stereocenters. The van der Waals surface area contributed by atoms with Crippen LogP contribution in [0.1, 0.15) is 5.69 Å². The Morgan fingerprint density at radius 1 is 1.00 bits per heavy atom. The fourth-order valence-electron chi connectivity index (χ4n) is 2.66. The van der Waals surface area contributed by atoms with Crippen molar-refractivity contribution in [2.75, 3.05) is 31.1 Å². The second-order valence-electron chi connectivity index (χ2n) is 5.35. The summed E-state index contributed by atoms with van der Waals surface area (Å²) in [5, 5.41) is 0.737. The molecule has 2 heterocycles. The van der Waals surface area contributed by atoms with Crippen LogP contribution >= 0.6 is 11.6 Å². The van der Waals surface area contributed by atoms with Gasteiger partial charge in [0.05, 0.1) is 0 Å². The molecular weight excluding hydrogens is 304 g/mol. The second-order valence-corrected chi connectivity index (χ2v) is 5.79. The molecule has 1 saturated heterocycles. The molecular formula is C15H17ClN4O2. The number of halogens is 1. The van der Waals surface area contributed by atoms with Crippen LogP contribution in [0.15, 0.2) is 39.9 Å². The largest absolute Gasteiger partial charge is 0.369 e. The highest BCUT2D eigenvalue weighted by molar-refractivity contribution is 6.30. The molecule has 22 heavy (non-hydrogen) atoms. The Bertz CT molecular complexity index is 717. The molecule has 3 rings (SSSR count). The SMILES string of the molecule is O=c1cc(CN2CCN(c3ccc(Cl)cc3)CC2)[nH]c(=O)[nH]1. The highest BCUT2D eigenvalue weighted by Gasteiger charge is 2.17. The number of rotatable bonds is 3. The Morgan fingerprint density at radius 2 is 1.68 bits per heavy atom. The number of hydrogen-bond acceptors (Lipinski definition) is 4. The standard InChI is InChI=1S/C15H17ClN4O2/c16-11-1-3-13(4-2-11)20-7-5-19(6-8-20)10-12-9-14(21)18-15(22)17-12/h1-4,9H,5-8,10H2,(H2,17,18,21,22). The average molecular weight is 321 g/mol. The van der Waals surface area contributed by atoms with E-state index in [0.717, 1.165) is 36.9 Å². The first-order chi connectivity index (χ1) is 10.6. The Morgan fingerprint density at radius 3 is 2.32 bits per heavy atom. The number of hydrogen-bond donors (Lipinski definition) is 2. The molecule has 0 bridgehead atoms. The van der Waals surface area contributed by atoms with E-state index in [1.54, 1.807) is 0 Å². The van der Waals surface area contributed by atoms with Crippen molar-refractivity contribution in [1.82, 2.24) is 14.9 Å². The van der Waals surface area contributed by atoms with Gasteiger partial charge in [-0.25, -0.2) is 4.79 Å². The first-order valence-electron chi connectivity index (χ1n) is 7.15. The molecule has 0 spiro atoms. The summed E-state index contributed by atoms with van der Waals surface area (Å²) in [6.07, 6.45) is 0. The molecule has 0 saturated carbocycles. The van der Waals surface area contributed by atoms with Crippen molar-refractivity contribution in [3.63, 3.8) is 0 Å². The van der Waals surface area contributed by atoms with E-state index in [1.165, 1.54) is 6.07 Å². The van der Waals surface area contributed by atoms with Crippen LogP contribution in [0.4, 0.5) is 5.69 Å². The number of nitrogens with one attached hydrogen (secondary N) is 2.